The van der Waals surface area contributed by atoms with Crippen molar-refractivity contribution >= 4 is 17.3 Å². The van der Waals surface area contributed by atoms with Crippen molar-refractivity contribution in [2.45, 2.75) is 18.9 Å². The van der Waals surface area contributed by atoms with E-state index in [9.17, 15) is 4.79 Å². The van der Waals surface area contributed by atoms with Gasteiger partial charge in [0.05, 0.1) is 18.0 Å². The average molecular weight is 218 g/mol. The van der Waals surface area contributed by atoms with E-state index in [1.54, 1.807) is 0 Å². The number of carbonyl (C=O) groups excluding carboxylic acids is 1. The normalized spacial score (nSPS) is 27.4. The number of carbonyl (C=O) groups is 1. The predicted molar refractivity (Wildman–Crippen MR) is 61.6 cm³/mol. The molecule has 0 radical (unpaired) electrons. The van der Waals surface area contributed by atoms with E-state index in [1.807, 2.05) is 25.1 Å². The third-order valence-corrected chi connectivity index (χ3v) is 3.25. The molecule has 1 atom stereocenters. The lowest BCUT2D eigenvalue weighted by atomic mass is 9.94. The van der Waals surface area contributed by atoms with Crippen molar-refractivity contribution in [2.75, 3.05) is 23.8 Å². The molecule has 2 heterocycles. The second-order valence-electron chi connectivity index (χ2n) is 4.51. The summed E-state index contributed by atoms with van der Waals surface area (Å²) >= 11 is 0. The van der Waals surface area contributed by atoms with Gasteiger partial charge in [0.2, 0.25) is 0 Å². The number of ether oxygens (including phenoxy) is 1. The summed E-state index contributed by atoms with van der Waals surface area (Å²) in [4.78, 5) is 12.0. The summed E-state index contributed by atoms with van der Waals surface area (Å²) in [7, 11) is 0. The van der Waals surface area contributed by atoms with E-state index in [4.69, 9.17) is 4.74 Å². The van der Waals surface area contributed by atoms with Crippen LogP contribution in [-0.4, -0.2) is 24.7 Å². The Morgan fingerprint density at radius 2 is 2.25 bits per heavy atom. The molecular weight excluding hydrogens is 204 g/mol. The van der Waals surface area contributed by atoms with Crippen LogP contribution in [0.2, 0.25) is 0 Å². The number of benzene rings is 1. The second-order valence-corrected chi connectivity index (χ2v) is 4.51. The van der Waals surface area contributed by atoms with Crippen LogP contribution in [0.25, 0.3) is 0 Å². The lowest BCUT2D eigenvalue weighted by Crippen LogP contribution is -2.53. The SMILES string of the molecule is Cc1ccc2c(c1)NC(=O)C1(CCOC1)N2. The van der Waals surface area contributed by atoms with Gasteiger partial charge in [-0.25, -0.2) is 0 Å². The fraction of sp³-hybridized carbons (Fsp3) is 0.417. The van der Waals surface area contributed by atoms with E-state index in [-0.39, 0.29) is 5.91 Å². The zero-order chi connectivity index (χ0) is 11.2. The second kappa shape index (κ2) is 3.22. The molecule has 4 heteroatoms. The molecule has 2 aliphatic heterocycles. The summed E-state index contributed by atoms with van der Waals surface area (Å²) in [5.41, 5.74) is 2.43. The minimum Gasteiger partial charge on any atom is -0.378 e. The lowest BCUT2D eigenvalue weighted by Gasteiger charge is -2.34. The number of amides is 1. The number of fused-ring (bicyclic) bond motifs is 1. The molecule has 1 fully saturated rings. The third-order valence-electron chi connectivity index (χ3n) is 3.25. The monoisotopic (exact) mass is 218 g/mol. The Hall–Kier alpha value is -1.55. The van der Waals surface area contributed by atoms with Crippen molar-refractivity contribution in [1.29, 1.82) is 0 Å². The van der Waals surface area contributed by atoms with Crippen molar-refractivity contribution in [2.24, 2.45) is 0 Å². The summed E-state index contributed by atoms with van der Waals surface area (Å²) in [6.45, 7) is 3.10. The quantitative estimate of drug-likeness (QED) is 0.694. The first-order valence-electron chi connectivity index (χ1n) is 5.48. The van der Waals surface area contributed by atoms with Gasteiger partial charge in [-0.3, -0.25) is 4.79 Å². The summed E-state index contributed by atoms with van der Waals surface area (Å²) in [6.07, 6.45) is 0.728. The van der Waals surface area contributed by atoms with Gasteiger partial charge in [-0.15, -0.1) is 0 Å². The van der Waals surface area contributed by atoms with Crippen molar-refractivity contribution in [3.05, 3.63) is 23.8 Å². The van der Waals surface area contributed by atoms with Gasteiger partial charge in [0.1, 0.15) is 5.54 Å². The Morgan fingerprint density at radius 3 is 3.00 bits per heavy atom. The van der Waals surface area contributed by atoms with Crippen LogP contribution in [0.3, 0.4) is 0 Å². The van der Waals surface area contributed by atoms with Crippen LogP contribution in [0.4, 0.5) is 11.4 Å². The molecule has 2 aliphatic rings. The summed E-state index contributed by atoms with van der Waals surface area (Å²) in [5, 5.41) is 6.26. The highest BCUT2D eigenvalue weighted by molar-refractivity contribution is 6.06. The van der Waals surface area contributed by atoms with Crippen molar-refractivity contribution < 1.29 is 9.53 Å². The van der Waals surface area contributed by atoms with Gasteiger partial charge in [-0.05, 0) is 24.6 Å². The Labute approximate surface area is 94.0 Å². The van der Waals surface area contributed by atoms with Gasteiger partial charge >= 0.3 is 0 Å². The minimum atomic E-state index is -0.553. The number of aryl methyl sites for hydroxylation is 1. The van der Waals surface area contributed by atoms with Gasteiger partial charge in [-0.1, -0.05) is 6.07 Å². The van der Waals surface area contributed by atoms with Crippen LogP contribution < -0.4 is 10.6 Å². The fourth-order valence-corrected chi connectivity index (χ4v) is 2.27. The molecule has 0 bridgehead atoms. The summed E-state index contributed by atoms with van der Waals surface area (Å²) in [6, 6.07) is 6.01. The highest BCUT2D eigenvalue weighted by Crippen LogP contribution is 2.35. The van der Waals surface area contributed by atoms with E-state index >= 15 is 0 Å². The maximum atomic E-state index is 12.0. The van der Waals surface area contributed by atoms with Crippen LogP contribution >= 0.6 is 0 Å². The molecule has 0 aliphatic carbocycles. The van der Waals surface area contributed by atoms with Gasteiger partial charge in [-0.2, -0.15) is 0 Å². The maximum Gasteiger partial charge on any atom is 0.252 e. The highest BCUT2D eigenvalue weighted by atomic mass is 16.5. The first-order chi connectivity index (χ1) is 7.70. The van der Waals surface area contributed by atoms with Crippen molar-refractivity contribution in [3.8, 4) is 0 Å². The van der Waals surface area contributed by atoms with E-state index in [0.717, 1.165) is 23.4 Å². The average Bonchev–Trinajstić information content (AvgIpc) is 2.70. The Kier molecular flexibility index (Phi) is 1.94. The van der Waals surface area contributed by atoms with E-state index < -0.39 is 5.54 Å². The van der Waals surface area contributed by atoms with Gasteiger partial charge < -0.3 is 15.4 Å². The van der Waals surface area contributed by atoms with Crippen LogP contribution in [0, 0.1) is 6.92 Å². The molecule has 0 aromatic heterocycles. The molecule has 3 rings (SSSR count). The lowest BCUT2D eigenvalue weighted by molar-refractivity contribution is -0.120. The van der Waals surface area contributed by atoms with Crippen LogP contribution in [-0.2, 0) is 9.53 Å². The number of nitrogens with one attached hydrogen (secondary N) is 2. The Bertz CT molecular complexity index is 450. The van der Waals surface area contributed by atoms with E-state index in [2.05, 4.69) is 10.6 Å². The standard InChI is InChI=1S/C12H14N2O2/c1-8-2-3-9-10(6-8)13-11(15)12(14-9)4-5-16-7-12/h2-3,6,14H,4-5,7H2,1H3,(H,13,15). The number of rotatable bonds is 0. The molecule has 1 unspecified atom stereocenters. The Balaban J connectivity index is 2.01. The largest absolute Gasteiger partial charge is 0.378 e. The Morgan fingerprint density at radius 1 is 1.38 bits per heavy atom. The molecule has 1 amide bonds. The molecule has 1 aromatic rings. The molecule has 1 saturated heterocycles. The van der Waals surface area contributed by atoms with E-state index in [1.165, 1.54) is 0 Å². The minimum absolute atomic E-state index is 0.0168. The number of hydrogen-bond donors (Lipinski definition) is 2. The first kappa shape index (κ1) is 9.66. The summed E-state index contributed by atoms with van der Waals surface area (Å²) in [5.74, 6) is 0.0168. The topological polar surface area (TPSA) is 50.4 Å². The highest BCUT2D eigenvalue weighted by Gasteiger charge is 2.45. The molecule has 4 nitrogen and oxygen atoms in total. The van der Waals surface area contributed by atoms with Crippen LogP contribution in [0.15, 0.2) is 18.2 Å². The molecule has 16 heavy (non-hydrogen) atoms. The molecule has 0 saturated carbocycles. The van der Waals surface area contributed by atoms with E-state index in [0.29, 0.717) is 13.2 Å². The van der Waals surface area contributed by atoms with Crippen molar-refractivity contribution in [1.82, 2.24) is 0 Å². The molecule has 1 spiro atoms. The van der Waals surface area contributed by atoms with Crippen molar-refractivity contribution in [3.63, 3.8) is 0 Å². The van der Waals surface area contributed by atoms with Crippen LogP contribution in [0.5, 0.6) is 0 Å². The number of anilines is 2. The smallest absolute Gasteiger partial charge is 0.252 e. The maximum absolute atomic E-state index is 12.0. The molecule has 2 N–H and O–H groups in total. The predicted octanol–water partition coefficient (Wildman–Crippen LogP) is 1.52. The van der Waals surface area contributed by atoms with Crippen LogP contribution in [0.1, 0.15) is 12.0 Å². The third kappa shape index (κ3) is 1.30. The molecular formula is C12H14N2O2. The fourth-order valence-electron chi connectivity index (χ4n) is 2.27. The van der Waals surface area contributed by atoms with Gasteiger partial charge in [0, 0.05) is 13.0 Å². The zero-order valence-electron chi connectivity index (χ0n) is 9.17. The summed E-state index contributed by atoms with van der Waals surface area (Å²) < 4.78 is 5.32. The zero-order valence-corrected chi connectivity index (χ0v) is 9.17. The molecule has 84 valence electrons. The first-order valence-corrected chi connectivity index (χ1v) is 5.48. The molecule has 1 aromatic carbocycles. The van der Waals surface area contributed by atoms with Gasteiger partial charge in [0.25, 0.3) is 5.91 Å². The number of hydrogen-bond acceptors (Lipinski definition) is 3. The van der Waals surface area contributed by atoms with Gasteiger partial charge in [0.15, 0.2) is 0 Å².